The molecule has 24 heavy (non-hydrogen) atoms. The van der Waals surface area contributed by atoms with E-state index in [1.807, 2.05) is 4.90 Å². The van der Waals surface area contributed by atoms with Gasteiger partial charge in [-0.3, -0.25) is 9.78 Å². The number of aliphatic hydroxyl groups is 1. The van der Waals surface area contributed by atoms with E-state index in [9.17, 15) is 19.4 Å². The highest BCUT2D eigenvalue weighted by atomic mass is 19.1. The lowest BCUT2D eigenvalue weighted by Crippen LogP contribution is -2.57. The van der Waals surface area contributed by atoms with Gasteiger partial charge in [-0.25, -0.2) is 9.37 Å². The van der Waals surface area contributed by atoms with Gasteiger partial charge in [-0.2, -0.15) is 0 Å². The molecule has 2 aromatic rings. The Hall–Kier alpha value is -2.54. The Bertz CT molecular complexity index is 711. The van der Waals surface area contributed by atoms with Gasteiger partial charge >= 0.3 is 5.97 Å². The highest BCUT2D eigenvalue weighted by molar-refractivity contribution is 5.77. The number of aliphatic hydroxyl groups excluding tert-OH is 1. The second kappa shape index (κ2) is 6.52. The summed E-state index contributed by atoms with van der Waals surface area (Å²) >= 11 is 0. The average Bonchev–Trinajstić information content (AvgIpc) is 2.59. The van der Waals surface area contributed by atoms with Crippen LogP contribution in [0.2, 0.25) is 0 Å². The number of benzene rings is 1. The number of anilines is 1. The number of carbonyl (C=O) groups is 1. The van der Waals surface area contributed by atoms with Crippen LogP contribution >= 0.6 is 0 Å². The van der Waals surface area contributed by atoms with Gasteiger partial charge in [-0.15, -0.1) is 0 Å². The monoisotopic (exact) mass is 331 g/mol. The number of nitrogens with zero attached hydrogens (tertiary/aromatic N) is 3. The second-order valence-electron chi connectivity index (χ2n) is 6.05. The molecule has 2 heterocycles. The fourth-order valence-corrected chi connectivity index (χ4v) is 3.16. The highest BCUT2D eigenvalue weighted by Crippen LogP contribution is 2.36. The first-order chi connectivity index (χ1) is 11.5. The number of piperidine rings is 1. The van der Waals surface area contributed by atoms with E-state index in [0.717, 1.165) is 0 Å². The van der Waals surface area contributed by atoms with Crippen LogP contribution in [0.4, 0.5) is 10.2 Å². The molecule has 0 unspecified atom stereocenters. The minimum absolute atomic E-state index is 0.111. The summed E-state index contributed by atoms with van der Waals surface area (Å²) in [6.07, 6.45) is 4.09. The smallest absolute Gasteiger partial charge is 0.314 e. The first kappa shape index (κ1) is 16.3. The third-order valence-electron chi connectivity index (χ3n) is 4.52. The Labute approximate surface area is 138 Å². The zero-order chi connectivity index (χ0) is 17.2. The maximum Gasteiger partial charge on any atom is 0.314 e. The van der Waals surface area contributed by atoms with Crippen molar-refractivity contribution in [3.05, 3.63) is 54.2 Å². The van der Waals surface area contributed by atoms with Crippen LogP contribution in [0, 0.1) is 11.2 Å². The SMILES string of the molecule is O=C(O)[C@]1(Cc2ccc(F)cc2)CN(c2cnccn2)CC[C@@H]1O. The number of hydrogen-bond donors (Lipinski definition) is 2. The quantitative estimate of drug-likeness (QED) is 0.883. The summed E-state index contributed by atoms with van der Waals surface area (Å²) < 4.78 is 13.1. The van der Waals surface area contributed by atoms with Gasteiger partial charge in [0.05, 0.1) is 12.3 Å². The third-order valence-corrected chi connectivity index (χ3v) is 4.52. The summed E-state index contributed by atoms with van der Waals surface area (Å²) in [7, 11) is 0. The van der Waals surface area contributed by atoms with E-state index < -0.39 is 17.5 Å². The van der Waals surface area contributed by atoms with Gasteiger partial charge in [-0.1, -0.05) is 12.1 Å². The van der Waals surface area contributed by atoms with E-state index in [1.165, 1.54) is 12.1 Å². The molecule has 2 N–H and O–H groups in total. The van der Waals surface area contributed by atoms with Crippen molar-refractivity contribution in [1.82, 2.24) is 9.97 Å². The molecule has 7 heteroatoms. The van der Waals surface area contributed by atoms with Crippen LogP contribution in [0.5, 0.6) is 0 Å². The molecule has 0 bridgehead atoms. The molecule has 0 aliphatic carbocycles. The van der Waals surface area contributed by atoms with Crippen LogP contribution in [0.1, 0.15) is 12.0 Å². The molecular formula is C17H18FN3O3. The molecule has 0 amide bonds. The predicted octanol–water partition coefficient (Wildman–Crippen LogP) is 1.50. The van der Waals surface area contributed by atoms with Crippen molar-refractivity contribution >= 4 is 11.8 Å². The third kappa shape index (κ3) is 3.07. The van der Waals surface area contributed by atoms with Gasteiger partial charge < -0.3 is 15.1 Å². The van der Waals surface area contributed by atoms with Crippen LogP contribution < -0.4 is 4.90 Å². The first-order valence-corrected chi connectivity index (χ1v) is 7.68. The molecule has 1 fully saturated rings. The van der Waals surface area contributed by atoms with Crippen LogP contribution in [0.25, 0.3) is 0 Å². The summed E-state index contributed by atoms with van der Waals surface area (Å²) in [6.45, 7) is 0.609. The summed E-state index contributed by atoms with van der Waals surface area (Å²) in [5, 5.41) is 20.3. The van der Waals surface area contributed by atoms with Crippen LogP contribution in [0.3, 0.4) is 0 Å². The number of hydrogen-bond acceptors (Lipinski definition) is 5. The summed E-state index contributed by atoms with van der Waals surface area (Å²) in [6, 6.07) is 5.68. The maximum atomic E-state index is 13.1. The summed E-state index contributed by atoms with van der Waals surface area (Å²) in [5.41, 5.74) is -0.716. The molecule has 0 saturated carbocycles. The van der Waals surface area contributed by atoms with Gasteiger partial charge in [0.2, 0.25) is 0 Å². The largest absolute Gasteiger partial charge is 0.481 e. The number of aliphatic carboxylic acids is 1. The Morgan fingerprint density at radius 3 is 2.71 bits per heavy atom. The van der Waals surface area contributed by atoms with E-state index >= 15 is 0 Å². The fraction of sp³-hybridized carbons (Fsp3) is 0.353. The number of carboxylic acid groups (broad SMARTS) is 1. The minimum atomic E-state index is -1.38. The van der Waals surface area contributed by atoms with Gasteiger partial charge in [0.25, 0.3) is 0 Å². The Morgan fingerprint density at radius 2 is 2.08 bits per heavy atom. The van der Waals surface area contributed by atoms with E-state index in [-0.39, 0.29) is 18.8 Å². The van der Waals surface area contributed by atoms with Crippen molar-refractivity contribution in [3.8, 4) is 0 Å². The molecule has 0 spiro atoms. The normalized spacial score (nSPS) is 23.9. The van der Waals surface area contributed by atoms with Crippen molar-refractivity contribution in [1.29, 1.82) is 0 Å². The maximum absolute atomic E-state index is 13.1. The zero-order valence-corrected chi connectivity index (χ0v) is 13.0. The van der Waals surface area contributed by atoms with Crippen molar-refractivity contribution in [3.63, 3.8) is 0 Å². The standard InChI is InChI=1S/C17H18FN3O3/c18-13-3-1-12(2-4-13)9-17(16(23)24)11-21(8-5-14(17)22)15-10-19-6-7-20-15/h1-4,6-7,10,14,22H,5,8-9,11H2,(H,23,24)/t14-,17+/m0/s1. The van der Waals surface area contributed by atoms with Crippen molar-refractivity contribution in [2.75, 3.05) is 18.0 Å². The number of carboxylic acids is 1. The van der Waals surface area contributed by atoms with Gasteiger partial charge in [0.15, 0.2) is 0 Å². The van der Waals surface area contributed by atoms with E-state index in [4.69, 9.17) is 0 Å². The molecule has 1 aromatic heterocycles. The Balaban J connectivity index is 1.91. The second-order valence-corrected chi connectivity index (χ2v) is 6.05. The minimum Gasteiger partial charge on any atom is -0.481 e. The van der Waals surface area contributed by atoms with E-state index in [1.54, 1.807) is 30.7 Å². The molecule has 6 nitrogen and oxygen atoms in total. The van der Waals surface area contributed by atoms with E-state index in [0.29, 0.717) is 24.3 Å². The molecule has 1 saturated heterocycles. The predicted molar refractivity (Wildman–Crippen MR) is 85.0 cm³/mol. The topological polar surface area (TPSA) is 86.5 Å². The molecule has 0 radical (unpaired) electrons. The van der Waals surface area contributed by atoms with Crippen LogP contribution in [-0.4, -0.2) is 45.3 Å². The van der Waals surface area contributed by atoms with Crippen LogP contribution in [0.15, 0.2) is 42.9 Å². The van der Waals surface area contributed by atoms with Crippen molar-refractivity contribution in [2.24, 2.45) is 5.41 Å². The molecule has 1 aliphatic rings. The first-order valence-electron chi connectivity index (χ1n) is 7.68. The number of halogens is 1. The number of rotatable bonds is 4. The molecule has 3 rings (SSSR count). The fourth-order valence-electron chi connectivity index (χ4n) is 3.16. The molecular weight excluding hydrogens is 313 g/mol. The molecule has 1 aliphatic heterocycles. The van der Waals surface area contributed by atoms with Gasteiger partial charge in [-0.05, 0) is 30.5 Å². The Kier molecular flexibility index (Phi) is 4.44. The lowest BCUT2D eigenvalue weighted by Gasteiger charge is -2.43. The molecule has 126 valence electrons. The van der Waals surface area contributed by atoms with Crippen LogP contribution in [-0.2, 0) is 11.2 Å². The van der Waals surface area contributed by atoms with E-state index in [2.05, 4.69) is 9.97 Å². The van der Waals surface area contributed by atoms with Gasteiger partial charge in [0, 0.05) is 25.5 Å². The average molecular weight is 331 g/mol. The van der Waals surface area contributed by atoms with Gasteiger partial charge in [0.1, 0.15) is 17.1 Å². The zero-order valence-electron chi connectivity index (χ0n) is 13.0. The van der Waals surface area contributed by atoms with Crippen molar-refractivity contribution in [2.45, 2.75) is 18.9 Å². The summed E-state index contributed by atoms with van der Waals surface area (Å²) in [5.74, 6) is -0.879. The molecule has 2 atom stereocenters. The number of aromatic nitrogens is 2. The highest BCUT2D eigenvalue weighted by Gasteiger charge is 2.49. The lowest BCUT2D eigenvalue weighted by atomic mass is 9.73. The van der Waals surface area contributed by atoms with Crippen molar-refractivity contribution < 1.29 is 19.4 Å². The Morgan fingerprint density at radius 1 is 1.33 bits per heavy atom. The lowest BCUT2D eigenvalue weighted by molar-refractivity contribution is -0.157. The summed E-state index contributed by atoms with van der Waals surface area (Å²) in [4.78, 5) is 22.1. The molecule has 1 aromatic carbocycles.